The molecule has 2 heteroatoms. The van der Waals surface area contributed by atoms with Gasteiger partial charge < -0.3 is 10.1 Å². The first-order valence-electron chi connectivity index (χ1n) is 6.31. The summed E-state index contributed by atoms with van der Waals surface area (Å²) in [5.41, 5.74) is 2.75. The summed E-state index contributed by atoms with van der Waals surface area (Å²) in [5, 5.41) is 3.43. The summed E-state index contributed by atoms with van der Waals surface area (Å²) in [6.07, 6.45) is 4.20. The molecule has 0 bridgehead atoms. The molecule has 16 heavy (non-hydrogen) atoms. The summed E-state index contributed by atoms with van der Waals surface area (Å²) in [6, 6.07) is 6.61. The lowest BCUT2D eigenvalue weighted by molar-refractivity contribution is 0.298. The zero-order valence-corrected chi connectivity index (χ0v) is 9.83. The largest absolute Gasteiger partial charge is 0.490 e. The predicted octanol–water partition coefficient (Wildman–Crippen LogP) is 2.61. The van der Waals surface area contributed by atoms with Crippen molar-refractivity contribution < 1.29 is 4.74 Å². The van der Waals surface area contributed by atoms with E-state index in [1.807, 2.05) is 0 Å². The van der Waals surface area contributed by atoms with Crippen molar-refractivity contribution in [3.05, 3.63) is 29.3 Å². The molecule has 1 aromatic rings. The Morgan fingerprint density at radius 2 is 2.12 bits per heavy atom. The van der Waals surface area contributed by atoms with Gasteiger partial charge in [0.2, 0.25) is 0 Å². The molecule has 0 amide bonds. The third-order valence-electron chi connectivity index (χ3n) is 3.48. The first kappa shape index (κ1) is 10.2. The van der Waals surface area contributed by atoms with Crippen molar-refractivity contribution in [2.75, 3.05) is 13.1 Å². The highest BCUT2D eigenvalue weighted by molar-refractivity contribution is 5.40. The lowest BCUT2D eigenvalue weighted by atomic mass is 9.96. The summed E-state index contributed by atoms with van der Waals surface area (Å²) < 4.78 is 6.00. The Kier molecular flexibility index (Phi) is 2.60. The second-order valence-electron chi connectivity index (χ2n) is 5.05. The third kappa shape index (κ3) is 2.07. The Balaban J connectivity index is 1.88. The molecule has 3 rings (SSSR count). The second kappa shape index (κ2) is 4.10. The smallest absolute Gasteiger partial charge is 0.123 e. The average molecular weight is 217 g/mol. The first-order chi connectivity index (χ1) is 7.83. The molecule has 1 heterocycles. The highest BCUT2D eigenvalue weighted by Crippen LogP contribution is 2.35. The standard InChI is InChI=1S/C14H19NO/c1-10-2-5-14(16-12-3-4-12)13(8-10)11-6-7-15-9-11/h2,5,8,11-12,15H,3-4,6-7,9H2,1H3. The van der Waals surface area contributed by atoms with E-state index in [4.69, 9.17) is 4.74 Å². The van der Waals surface area contributed by atoms with Crippen molar-refractivity contribution in [2.24, 2.45) is 0 Å². The number of hydrogen-bond acceptors (Lipinski definition) is 2. The van der Waals surface area contributed by atoms with Gasteiger partial charge in [-0.05, 0) is 44.4 Å². The van der Waals surface area contributed by atoms with Gasteiger partial charge in [-0.3, -0.25) is 0 Å². The summed E-state index contributed by atoms with van der Waals surface area (Å²) in [4.78, 5) is 0. The van der Waals surface area contributed by atoms with Gasteiger partial charge in [0.05, 0.1) is 6.10 Å². The molecule has 0 aromatic heterocycles. The Labute approximate surface area is 97.0 Å². The van der Waals surface area contributed by atoms with E-state index < -0.39 is 0 Å². The zero-order valence-electron chi connectivity index (χ0n) is 9.83. The van der Waals surface area contributed by atoms with Gasteiger partial charge >= 0.3 is 0 Å². The molecule has 1 aliphatic heterocycles. The van der Waals surface area contributed by atoms with E-state index in [0.717, 1.165) is 18.8 Å². The minimum atomic E-state index is 0.496. The van der Waals surface area contributed by atoms with Gasteiger partial charge in [-0.15, -0.1) is 0 Å². The normalized spacial score (nSPS) is 24.7. The molecule has 1 N–H and O–H groups in total. The van der Waals surface area contributed by atoms with Gasteiger partial charge in [0.1, 0.15) is 5.75 Å². The molecule has 2 fully saturated rings. The predicted molar refractivity (Wildman–Crippen MR) is 65.1 cm³/mol. The first-order valence-corrected chi connectivity index (χ1v) is 6.31. The minimum Gasteiger partial charge on any atom is -0.490 e. The van der Waals surface area contributed by atoms with Crippen molar-refractivity contribution in [3.8, 4) is 5.75 Å². The second-order valence-corrected chi connectivity index (χ2v) is 5.05. The third-order valence-corrected chi connectivity index (χ3v) is 3.48. The van der Waals surface area contributed by atoms with Crippen LogP contribution in [0, 0.1) is 6.92 Å². The fourth-order valence-corrected chi connectivity index (χ4v) is 2.38. The number of hydrogen-bond donors (Lipinski definition) is 1. The molecular formula is C14H19NO. The summed E-state index contributed by atoms with van der Waals surface area (Å²) in [7, 11) is 0. The van der Waals surface area contributed by atoms with Crippen LogP contribution in [0.5, 0.6) is 5.75 Å². The Morgan fingerprint density at radius 1 is 1.25 bits per heavy atom. The molecule has 0 spiro atoms. The fourth-order valence-electron chi connectivity index (χ4n) is 2.38. The number of benzene rings is 1. The van der Waals surface area contributed by atoms with E-state index in [9.17, 15) is 0 Å². The fraction of sp³-hybridized carbons (Fsp3) is 0.571. The maximum atomic E-state index is 6.00. The zero-order chi connectivity index (χ0) is 11.0. The van der Waals surface area contributed by atoms with E-state index in [1.54, 1.807) is 0 Å². The Hall–Kier alpha value is -1.02. The molecule has 1 aliphatic carbocycles. The highest BCUT2D eigenvalue weighted by Gasteiger charge is 2.27. The van der Waals surface area contributed by atoms with Crippen LogP contribution < -0.4 is 10.1 Å². The van der Waals surface area contributed by atoms with Crippen LogP contribution in [-0.4, -0.2) is 19.2 Å². The Bertz CT molecular complexity index is 378. The quantitative estimate of drug-likeness (QED) is 0.840. The van der Waals surface area contributed by atoms with Crippen LogP contribution >= 0.6 is 0 Å². The number of aryl methyl sites for hydroxylation is 1. The van der Waals surface area contributed by atoms with Crippen LogP contribution in [0.4, 0.5) is 0 Å². The monoisotopic (exact) mass is 217 g/mol. The van der Waals surface area contributed by atoms with Gasteiger partial charge in [-0.25, -0.2) is 0 Å². The SMILES string of the molecule is Cc1ccc(OC2CC2)c(C2CCNC2)c1. The summed E-state index contributed by atoms with van der Waals surface area (Å²) in [5.74, 6) is 1.77. The lowest BCUT2D eigenvalue weighted by Gasteiger charge is -2.16. The minimum absolute atomic E-state index is 0.496. The molecule has 1 saturated carbocycles. The van der Waals surface area contributed by atoms with Crippen LogP contribution in [0.15, 0.2) is 18.2 Å². The number of ether oxygens (including phenoxy) is 1. The number of nitrogens with one attached hydrogen (secondary N) is 1. The molecule has 1 unspecified atom stereocenters. The van der Waals surface area contributed by atoms with Crippen molar-refractivity contribution in [1.82, 2.24) is 5.32 Å². The lowest BCUT2D eigenvalue weighted by Crippen LogP contribution is -2.09. The van der Waals surface area contributed by atoms with Crippen LogP contribution in [0.1, 0.15) is 36.3 Å². The molecule has 0 radical (unpaired) electrons. The molecule has 1 atom stereocenters. The van der Waals surface area contributed by atoms with Gasteiger partial charge in [-0.1, -0.05) is 17.7 Å². The average Bonchev–Trinajstić information content (AvgIpc) is 2.93. The van der Waals surface area contributed by atoms with Crippen LogP contribution in [0.3, 0.4) is 0 Å². The summed E-state index contributed by atoms with van der Waals surface area (Å²) >= 11 is 0. The molecular weight excluding hydrogens is 198 g/mol. The van der Waals surface area contributed by atoms with Gasteiger partial charge in [0.25, 0.3) is 0 Å². The molecule has 1 saturated heterocycles. The topological polar surface area (TPSA) is 21.3 Å². The molecule has 2 nitrogen and oxygen atoms in total. The van der Waals surface area contributed by atoms with Crippen molar-refractivity contribution in [1.29, 1.82) is 0 Å². The van der Waals surface area contributed by atoms with Crippen LogP contribution in [0.2, 0.25) is 0 Å². The van der Waals surface area contributed by atoms with Gasteiger partial charge in [0.15, 0.2) is 0 Å². The van der Waals surface area contributed by atoms with Gasteiger partial charge in [0, 0.05) is 12.5 Å². The molecule has 86 valence electrons. The number of rotatable bonds is 3. The van der Waals surface area contributed by atoms with Gasteiger partial charge in [-0.2, -0.15) is 0 Å². The highest BCUT2D eigenvalue weighted by atomic mass is 16.5. The maximum absolute atomic E-state index is 6.00. The van der Waals surface area contributed by atoms with E-state index in [0.29, 0.717) is 12.0 Å². The Morgan fingerprint density at radius 3 is 2.81 bits per heavy atom. The van der Waals surface area contributed by atoms with E-state index in [1.165, 1.54) is 30.4 Å². The van der Waals surface area contributed by atoms with Crippen LogP contribution in [0.25, 0.3) is 0 Å². The van der Waals surface area contributed by atoms with Crippen molar-refractivity contribution in [2.45, 2.75) is 38.2 Å². The van der Waals surface area contributed by atoms with Crippen molar-refractivity contribution in [3.63, 3.8) is 0 Å². The van der Waals surface area contributed by atoms with Crippen molar-refractivity contribution >= 4 is 0 Å². The summed E-state index contributed by atoms with van der Waals surface area (Å²) in [6.45, 7) is 4.40. The van der Waals surface area contributed by atoms with E-state index in [-0.39, 0.29) is 0 Å². The molecule has 1 aromatic carbocycles. The van der Waals surface area contributed by atoms with E-state index >= 15 is 0 Å². The van der Waals surface area contributed by atoms with Crippen LogP contribution in [-0.2, 0) is 0 Å². The maximum Gasteiger partial charge on any atom is 0.123 e. The van der Waals surface area contributed by atoms with E-state index in [2.05, 4.69) is 30.4 Å². The molecule has 2 aliphatic rings.